The van der Waals surface area contributed by atoms with Crippen LogP contribution in [0.1, 0.15) is 70.1 Å². The van der Waals surface area contributed by atoms with Gasteiger partial charge in [-0.15, -0.1) is 22.7 Å². The zero-order chi connectivity index (χ0) is 26.1. The predicted molar refractivity (Wildman–Crippen MR) is 139 cm³/mol. The molecule has 1 aliphatic carbocycles. The van der Waals surface area contributed by atoms with Crippen LogP contribution in [0.2, 0.25) is 0 Å². The third-order valence-corrected chi connectivity index (χ3v) is 8.35. The van der Waals surface area contributed by atoms with Gasteiger partial charge in [0.15, 0.2) is 0 Å². The number of anilines is 1. The van der Waals surface area contributed by atoms with E-state index in [1.807, 2.05) is 0 Å². The molecule has 0 fully saturated rings. The molecule has 1 unspecified atom stereocenters. The molecule has 0 radical (unpaired) electrons. The highest BCUT2D eigenvalue weighted by Crippen LogP contribution is 2.40. The Morgan fingerprint density at radius 3 is 2.69 bits per heavy atom. The Bertz CT molecular complexity index is 1400. The van der Waals surface area contributed by atoms with E-state index in [-0.39, 0.29) is 19.3 Å². The van der Waals surface area contributed by atoms with E-state index in [2.05, 4.69) is 17.2 Å². The predicted octanol–water partition coefficient (Wildman–Crippen LogP) is 4.33. The van der Waals surface area contributed by atoms with Gasteiger partial charge in [-0.05, 0) is 64.0 Å². The number of aromatic nitrogens is 2. The summed E-state index contributed by atoms with van der Waals surface area (Å²) in [6.07, 6.45) is 3.58. The van der Waals surface area contributed by atoms with Crippen molar-refractivity contribution in [3.8, 4) is 0 Å². The third-order valence-electron chi connectivity index (χ3n) is 6.00. The minimum atomic E-state index is -0.503. The fourth-order valence-corrected chi connectivity index (χ4v) is 6.75. The second kappa shape index (κ2) is 10.5. The average molecular weight is 532 g/mol. The maximum absolute atomic E-state index is 13.2. The van der Waals surface area contributed by atoms with E-state index < -0.39 is 23.4 Å². The van der Waals surface area contributed by atoms with Gasteiger partial charge in [0.05, 0.1) is 30.0 Å². The highest BCUT2D eigenvalue weighted by atomic mass is 32.1. The molecule has 1 amide bonds. The van der Waals surface area contributed by atoms with Crippen molar-refractivity contribution in [2.24, 2.45) is 5.92 Å². The van der Waals surface area contributed by atoms with E-state index >= 15 is 0 Å². The molecular formula is C25H29N3O6S2. The Hall–Kier alpha value is -3.05. The molecule has 0 aliphatic heterocycles. The molecule has 9 nitrogen and oxygen atoms in total. The fraction of sp³-hybridized carbons (Fsp3) is 0.480. The monoisotopic (exact) mass is 531 g/mol. The van der Waals surface area contributed by atoms with Gasteiger partial charge in [-0.2, -0.15) is 0 Å². The maximum atomic E-state index is 13.2. The summed E-state index contributed by atoms with van der Waals surface area (Å²) in [5.41, 5.74) is 1.43. The maximum Gasteiger partial charge on any atom is 0.348 e. The number of ether oxygens (including phenoxy) is 2. The largest absolute Gasteiger partial charge is 0.462 e. The average Bonchev–Trinajstić information content (AvgIpc) is 3.32. The van der Waals surface area contributed by atoms with Gasteiger partial charge >= 0.3 is 11.9 Å². The minimum absolute atomic E-state index is 0.237. The molecule has 3 heterocycles. The van der Waals surface area contributed by atoms with E-state index in [1.165, 1.54) is 22.2 Å². The number of carbonyl (C=O) groups is 3. The summed E-state index contributed by atoms with van der Waals surface area (Å²) in [5.74, 6) is -0.906. The lowest BCUT2D eigenvalue weighted by molar-refractivity contribution is -0.116. The van der Waals surface area contributed by atoms with Crippen molar-refractivity contribution in [2.75, 3.05) is 11.9 Å². The van der Waals surface area contributed by atoms with Gasteiger partial charge in [0.1, 0.15) is 21.3 Å². The molecule has 1 aliphatic rings. The molecular weight excluding hydrogens is 502 g/mol. The van der Waals surface area contributed by atoms with Crippen molar-refractivity contribution in [1.82, 2.24) is 9.55 Å². The van der Waals surface area contributed by atoms with E-state index in [1.54, 1.807) is 27.7 Å². The molecule has 3 aromatic rings. The van der Waals surface area contributed by atoms with Crippen LogP contribution in [-0.2, 0) is 33.7 Å². The number of esters is 2. The molecule has 1 atom stereocenters. The van der Waals surface area contributed by atoms with E-state index in [4.69, 9.17) is 9.47 Å². The van der Waals surface area contributed by atoms with Crippen LogP contribution in [0.15, 0.2) is 11.1 Å². The molecule has 4 rings (SSSR count). The van der Waals surface area contributed by atoms with Crippen LogP contribution in [0.3, 0.4) is 0 Å². The van der Waals surface area contributed by atoms with Crippen molar-refractivity contribution < 1.29 is 23.9 Å². The van der Waals surface area contributed by atoms with Crippen molar-refractivity contribution in [1.29, 1.82) is 0 Å². The van der Waals surface area contributed by atoms with Gasteiger partial charge in [-0.3, -0.25) is 14.2 Å². The smallest absolute Gasteiger partial charge is 0.348 e. The highest BCUT2D eigenvalue weighted by Gasteiger charge is 2.29. The molecule has 0 saturated carbocycles. The Morgan fingerprint density at radius 1 is 1.25 bits per heavy atom. The quantitative estimate of drug-likeness (QED) is 0.451. The first-order valence-electron chi connectivity index (χ1n) is 11.9. The molecule has 192 valence electrons. The molecule has 0 aromatic carbocycles. The number of nitrogens with zero attached hydrogens (tertiary/aromatic N) is 2. The van der Waals surface area contributed by atoms with Gasteiger partial charge in [-0.1, -0.05) is 6.92 Å². The number of hydrogen-bond acceptors (Lipinski definition) is 9. The molecule has 3 aromatic heterocycles. The Balaban J connectivity index is 1.61. The first kappa shape index (κ1) is 26.0. The van der Waals surface area contributed by atoms with E-state index in [0.29, 0.717) is 37.1 Å². The van der Waals surface area contributed by atoms with Crippen LogP contribution in [-0.4, -0.2) is 40.1 Å². The van der Waals surface area contributed by atoms with Gasteiger partial charge in [0.2, 0.25) is 5.91 Å². The molecule has 11 heteroatoms. The summed E-state index contributed by atoms with van der Waals surface area (Å²) in [5, 5.41) is 3.56. The van der Waals surface area contributed by atoms with Gasteiger partial charge < -0.3 is 14.8 Å². The van der Waals surface area contributed by atoms with Crippen LogP contribution in [0.25, 0.3) is 10.2 Å². The molecule has 1 N–H and O–H groups in total. The van der Waals surface area contributed by atoms with Gasteiger partial charge in [-0.25, -0.2) is 14.6 Å². The standard InChI is InChI=1S/C25H29N3O6S2/c1-6-33-24(31)19-15-8-7-13(4)9-16(15)35-22(19)27-17(29)10-28-11-26-21-18(23(28)30)14(5)20(36-21)25(32)34-12(2)3/h11-13H,6-10H2,1-5H3,(H,27,29). The number of carbonyl (C=O) groups excluding carboxylic acids is 3. The lowest BCUT2D eigenvalue weighted by Crippen LogP contribution is -2.28. The van der Waals surface area contributed by atoms with Crippen molar-refractivity contribution in [3.63, 3.8) is 0 Å². The van der Waals surface area contributed by atoms with Crippen LogP contribution >= 0.6 is 22.7 Å². The Kier molecular flexibility index (Phi) is 7.60. The first-order valence-corrected chi connectivity index (χ1v) is 13.5. The summed E-state index contributed by atoms with van der Waals surface area (Å²) in [6.45, 7) is 9.04. The van der Waals surface area contributed by atoms with Crippen LogP contribution in [0, 0.1) is 12.8 Å². The minimum Gasteiger partial charge on any atom is -0.462 e. The summed E-state index contributed by atoms with van der Waals surface area (Å²) in [6, 6.07) is 0. The SMILES string of the molecule is CCOC(=O)c1c(NC(=O)Cn2cnc3sc(C(=O)OC(C)C)c(C)c3c2=O)sc2c1CCC(C)C2. The van der Waals surface area contributed by atoms with E-state index in [9.17, 15) is 19.2 Å². The van der Waals surface area contributed by atoms with Crippen LogP contribution < -0.4 is 10.9 Å². The number of hydrogen-bond donors (Lipinski definition) is 1. The Labute approximate surface area is 216 Å². The summed E-state index contributed by atoms with van der Waals surface area (Å²) in [4.78, 5) is 57.4. The van der Waals surface area contributed by atoms with E-state index in [0.717, 1.165) is 41.0 Å². The summed E-state index contributed by atoms with van der Waals surface area (Å²) < 4.78 is 11.7. The lowest BCUT2D eigenvalue weighted by atomic mass is 9.88. The number of amides is 1. The molecule has 36 heavy (non-hydrogen) atoms. The normalized spacial score (nSPS) is 15.1. The van der Waals surface area contributed by atoms with Crippen LogP contribution in [0.4, 0.5) is 5.00 Å². The van der Waals surface area contributed by atoms with Crippen LogP contribution in [0.5, 0.6) is 0 Å². The second-order valence-corrected chi connectivity index (χ2v) is 11.3. The molecule has 0 bridgehead atoms. The number of fused-ring (bicyclic) bond motifs is 2. The summed E-state index contributed by atoms with van der Waals surface area (Å²) >= 11 is 2.49. The first-order chi connectivity index (χ1) is 17.1. The summed E-state index contributed by atoms with van der Waals surface area (Å²) in [7, 11) is 0. The van der Waals surface area contributed by atoms with Crippen molar-refractivity contribution in [2.45, 2.75) is 66.5 Å². The van der Waals surface area contributed by atoms with Gasteiger partial charge in [0.25, 0.3) is 5.56 Å². The Morgan fingerprint density at radius 2 is 2.00 bits per heavy atom. The number of thiophene rings is 2. The molecule has 0 saturated heterocycles. The zero-order valence-electron chi connectivity index (χ0n) is 20.9. The topological polar surface area (TPSA) is 117 Å². The lowest BCUT2D eigenvalue weighted by Gasteiger charge is -2.18. The molecule has 0 spiro atoms. The van der Waals surface area contributed by atoms with Crippen molar-refractivity contribution in [3.05, 3.63) is 43.1 Å². The second-order valence-electron chi connectivity index (χ2n) is 9.19. The highest BCUT2D eigenvalue weighted by molar-refractivity contribution is 7.20. The zero-order valence-corrected chi connectivity index (χ0v) is 22.6. The third kappa shape index (κ3) is 5.08. The number of rotatable bonds is 7. The number of aryl methyl sites for hydroxylation is 1. The fourth-order valence-electron chi connectivity index (χ4n) is 4.31. The number of nitrogens with one attached hydrogen (secondary N) is 1. The van der Waals surface area contributed by atoms with Gasteiger partial charge in [0, 0.05) is 4.88 Å². The van der Waals surface area contributed by atoms with Crippen molar-refractivity contribution >= 4 is 55.7 Å².